The topological polar surface area (TPSA) is 43.5 Å². The van der Waals surface area contributed by atoms with Crippen molar-refractivity contribution in [1.82, 2.24) is 0 Å². The second kappa shape index (κ2) is 8.41. The number of halogens is 12. The van der Waals surface area contributed by atoms with E-state index in [-0.39, 0.29) is 31.4 Å². The molecule has 0 aliphatic carbocycles. The molecule has 0 radical (unpaired) electrons. The zero-order valence-electron chi connectivity index (χ0n) is 16.5. The van der Waals surface area contributed by atoms with Crippen LogP contribution in [0.3, 0.4) is 0 Å². The Balaban J connectivity index is 2.21. The van der Waals surface area contributed by atoms with E-state index < -0.39 is 78.5 Å². The van der Waals surface area contributed by atoms with E-state index in [1.807, 2.05) is 0 Å². The van der Waals surface area contributed by atoms with Crippen LogP contribution in [0.2, 0.25) is 0 Å². The van der Waals surface area contributed by atoms with Crippen molar-refractivity contribution in [2.45, 2.75) is 48.1 Å². The van der Waals surface area contributed by atoms with Gasteiger partial charge in [-0.15, -0.1) is 0 Å². The molecule has 194 valence electrons. The Kier molecular flexibility index (Phi) is 6.63. The van der Waals surface area contributed by atoms with Crippen molar-refractivity contribution in [3.8, 4) is 0 Å². The smallest absolute Gasteiger partial charge is 0.371 e. The summed E-state index contributed by atoms with van der Waals surface area (Å²) in [5.41, 5.74) is -14.6. The average Bonchev–Trinajstić information content (AvgIpc) is 3.53. The molecule has 0 spiro atoms. The molecule has 2 saturated heterocycles. The van der Waals surface area contributed by atoms with E-state index in [1.54, 1.807) is 0 Å². The molecule has 4 nitrogen and oxygen atoms in total. The van der Waals surface area contributed by atoms with E-state index in [4.69, 9.17) is 0 Å². The van der Waals surface area contributed by atoms with Crippen LogP contribution in [0.15, 0.2) is 24.3 Å². The summed E-state index contributed by atoms with van der Waals surface area (Å²) in [4.78, 5) is 0. The van der Waals surface area contributed by atoms with Gasteiger partial charge in [-0.1, -0.05) is 18.2 Å². The molecule has 2 atom stereocenters. The molecule has 2 fully saturated rings. The molecule has 2 heterocycles. The van der Waals surface area contributed by atoms with Crippen molar-refractivity contribution in [1.29, 1.82) is 0 Å². The fourth-order valence-corrected chi connectivity index (χ4v) is 3.19. The van der Waals surface area contributed by atoms with Crippen LogP contribution in [-0.2, 0) is 30.1 Å². The van der Waals surface area contributed by atoms with Gasteiger partial charge in [-0.3, -0.25) is 0 Å². The lowest BCUT2D eigenvalue weighted by Crippen LogP contribution is -2.58. The van der Waals surface area contributed by atoms with Crippen molar-refractivity contribution in [3.05, 3.63) is 35.4 Å². The molecule has 2 aliphatic heterocycles. The molecule has 0 amide bonds. The van der Waals surface area contributed by atoms with Crippen molar-refractivity contribution in [2.24, 2.45) is 0 Å². The summed E-state index contributed by atoms with van der Waals surface area (Å²) in [6, 6.07) is -0.181. The Bertz CT molecular complexity index is 770. The Morgan fingerprint density at radius 1 is 0.618 bits per heavy atom. The summed E-state index contributed by atoms with van der Waals surface area (Å²) in [5.74, 6) is 0. The Morgan fingerprint density at radius 3 is 1.15 bits per heavy atom. The summed E-state index contributed by atoms with van der Waals surface area (Å²) in [5, 5.41) is 0. The van der Waals surface area contributed by atoms with E-state index in [1.165, 1.54) is 0 Å². The molecule has 1 aromatic carbocycles. The van der Waals surface area contributed by atoms with Crippen LogP contribution in [0.25, 0.3) is 0 Å². The van der Waals surface area contributed by atoms with Crippen molar-refractivity contribution < 1.29 is 71.6 Å². The predicted octanol–water partition coefficient (Wildman–Crippen LogP) is 5.16. The Labute approximate surface area is 182 Å². The summed E-state index contributed by atoms with van der Waals surface area (Å²) < 4.78 is 183. The predicted molar refractivity (Wildman–Crippen MR) is 85.4 cm³/mol. The Morgan fingerprint density at radius 2 is 0.912 bits per heavy atom. The lowest BCUT2D eigenvalue weighted by molar-refractivity contribution is -0.391. The van der Waals surface area contributed by atoms with Crippen LogP contribution in [0.1, 0.15) is 11.1 Å². The van der Waals surface area contributed by atoms with Crippen LogP contribution in [0.4, 0.5) is 52.7 Å². The van der Waals surface area contributed by atoms with E-state index >= 15 is 0 Å². The molecular weight excluding hydrogens is 508 g/mol. The molecule has 3 rings (SSSR count). The fourth-order valence-electron chi connectivity index (χ4n) is 3.19. The third-order valence-electron chi connectivity index (χ3n) is 5.05. The molecule has 0 N–H and O–H groups in total. The maximum Gasteiger partial charge on any atom is 0.430 e. The highest BCUT2D eigenvalue weighted by atomic mass is 19.4. The van der Waals surface area contributed by atoms with Gasteiger partial charge >= 0.3 is 24.7 Å². The maximum atomic E-state index is 13.8. The minimum absolute atomic E-state index is 0.0692. The normalized spacial score (nSPS) is 22.1. The maximum absolute atomic E-state index is 13.8. The van der Waals surface area contributed by atoms with Crippen LogP contribution in [0, 0.1) is 0 Å². The molecule has 34 heavy (non-hydrogen) atoms. The second-order valence-corrected chi connectivity index (χ2v) is 7.47. The van der Waals surface area contributed by atoms with Gasteiger partial charge in [0.2, 0.25) is 0 Å². The van der Waals surface area contributed by atoms with Crippen LogP contribution in [0.5, 0.6) is 0 Å². The van der Waals surface area contributed by atoms with Gasteiger partial charge in [0.25, 0.3) is 11.2 Å². The van der Waals surface area contributed by atoms with E-state index in [0.717, 1.165) is 0 Å². The minimum atomic E-state index is -6.33. The van der Waals surface area contributed by atoms with Gasteiger partial charge in [0.15, 0.2) is 0 Å². The number of hydrogen-bond acceptors (Lipinski definition) is 4. The first-order valence-electron chi connectivity index (χ1n) is 9.26. The number of alkyl halides is 12. The van der Waals surface area contributed by atoms with Crippen molar-refractivity contribution in [3.63, 3.8) is 0 Å². The molecule has 1 aromatic rings. The van der Waals surface area contributed by atoms with Crippen LogP contribution < -0.4 is 0 Å². The quantitative estimate of drug-likeness (QED) is 0.350. The number of ether oxygens (including phenoxy) is 4. The second-order valence-electron chi connectivity index (χ2n) is 7.47. The average molecular weight is 522 g/mol. The van der Waals surface area contributed by atoms with Gasteiger partial charge < -0.3 is 18.9 Å². The van der Waals surface area contributed by atoms with E-state index in [2.05, 4.69) is 18.9 Å². The van der Waals surface area contributed by atoms with E-state index in [0.29, 0.717) is 0 Å². The SMILES string of the molecule is FC(F)(F)C(OC[C@H]1CO1)(c1cccc(C(OC[C@H]2CO2)(C(F)(F)F)C(F)(F)F)c1)C(F)(F)F. The van der Waals surface area contributed by atoms with Gasteiger partial charge in [-0.25, -0.2) is 0 Å². The van der Waals surface area contributed by atoms with Crippen LogP contribution in [-0.4, -0.2) is 63.3 Å². The fraction of sp³-hybridized carbons (Fsp3) is 0.667. The van der Waals surface area contributed by atoms with Gasteiger partial charge in [0, 0.05) is 11.1 Å². The highest BCUT2D eigenvalue weighted by molar-refractivity contribution is 5.37. The first-order chi connectivity index (χ1) is 15.4. The van der Waals surface area contributed by atoms with Gasteiger partial charge in [0.05, 0.1) is 26.4 Å². The molecule has 2 aliphatic rings. The first kappa shape index (κ1) is 26.8. The zero-order chi connectivity index (χ0) is 25.8. The molecule has 0 unspecified atom stereocenters. The van der Waals surface area contributed by atoms with Crippen LogP contribution >= 0.6 is 0 Å². The molecule has 0 bridgehead atoms. The highest BCUT2D eigenvalue weighted by Gasteiger charge is 2.76. The third kappa shape index (κ3) is 4.68. The van der Waals surface area contributed by atoms with Gasteiger partial charge in [-0.05, 0) is 6.07 Å². The van der Waals surface area contributed by atoms with Crippen molar-refractivity contribution in [2.75, 3.05) is 26.4 Å². The molecule has 16 heteroatoms. The third-order valence-corrected chi connectivity index (χ3v) is 5.05. The van der Waals surface area contributed by atoms with E-state index in [9.17, 15) is 52.7 Å². The zero-order valence-corrected chi connectivity index (χ0v) is 16.5. The van der Waals surface area contributed by atoms with Crippen molar-refractivity contribution >= 4 is 0 Å². The summed E-state index contributed by atoms with van der Waals surface area (Å²) in [7, 11) is 0. The number of rotatable bonds is 8. The standard InChI is InChI=1S/C18H14F12O4/c19-15(20,21)13(16(22,23)24,33-7-11-5-31-11)9-2-1-3-10(4-9)14(17(25,26)27,18(28,29)30)34-8-12-6-32-12/h1-4,11-12H,5-8H2/t11-,12-/m1/s1. The summed E-state index contributed by atoms with van der Waals surface area (Å²) >= 11 is 0. The molecule has 0 aromatic heterocycles. The number of epoxide rings is 2. The molecule has 0 saturated carbocycles. The lowest BCUT2D eigenvalue weighted by Gasteiger charge is -2.40. The first-order valence-corrected chi connectivity index (χ1v) is 9.26. The number of benzene rings is 1. The summed E-state index contributed by atoms with van der Waals surface area (Å²) in [6.45, 7) is -3.03. The van der Waals surface area contributed by atoms with Gasteiger partial charge in [0.1, 0.15) is 12.2 Å². The minimum Gasteiger partial charge on any atom is -0.371 e. The number of hydrogen-bond donors (Lipinski definition) is 0. The molecular formula is C18H14F12O4. The monoisotopic (exact) mass is 522 g/mol. The largest absolute Gasteiger partial charge is 0.430 e. The summed E-state index contributed by atoms with van der Waals surface area (Å²) in [6.07, 6.45) is -27.6. The highest BCUT2D eigenvalue weighted by Crippen LogP contribution is 2.56. The van der Waals surface area contributed by atoms with Gasteiger partial charge in [-0.2, -0.15) is 52.7 Å². The lowest BCUT2D eigenvalue weighted by atomic mass is 9.85. The Hall–Kier alpha value is -1.78.